The van der Waals surface area contributed by atoms with Crippen molar-refractivity contribution in [3.8, 4) is 0 Å². The summed E-state index contributed by atoms with van der Waals surface area (Å²) in [6.07, 6.45) is 1.65. The van der Waals surface area contributed by atoms with E-state index < -0.39 is 0 Å². The lowest BCUT2D eigenvalue weighted by molar-refractivity contribution is 0.814. The molecule has 0 saturated carbocycles. The van der Waals surface area contributed by atoms with Crippen molar-refractivity contribution in [1.82, 2.24) is 19.5 Å². The molecule has 0 aliphatic carbocycles. The minimum Gasteiger partial charge on any atom is -0.382 e. The van der Waals surface area contributed by atoms with Crippen LogP contribution < -0.4 is 11.5 Å². The minimum atomic E-state index is 0.130. The van der Waals surface area contributed by atoms with Gasteiger partial charge >= 0.3 is 0 Å². The summed E-state index contributed by atoms with van der Waals surface area (Å²) in [4.78, 5) is 12.2. The third kappa shape index (κ3) is 2.06. The molecule has 0 amide bonds. The van der Waals surface area contributed by atoms with E-state index in [9.17, 15) is 0 Å². The van der Waals surface area contributed by atoms with E-state index in [1.54, 1.807) is 6.33 Å². The predicted octanol–water partition coefficient (Wildman–Crippen LogP) is 1.69. The Morgan fingerprint density at radius 3 is 2.74 bits per heavy atom. The summed E-state index contributed by atoms with van der Waals surface area (Å²) < 4.78 is 1.84. The van der Waals surface area contributed by atoms with Crippen LogP contribution in [0.15, 0.2) is 30.6 Å². The van der Waals surface area contributed by atoms with Gasteiger partial charge in [0, 0.05) is 5.02 Å². The molecule has 4 N–H and O–H groups in total. The lowest BCUT2D eigenvalue weighted by Gasteiger charge is -2.06. The van der Waals surface area contributed by atoms with E-state index in [4.69, 9.17) is 23.1 Å². The Morgan fingerprint density at radius 2 is 1.95 bits per heavy atom. The first kappa shape index (κ1) is 11.7. The zero-order valence-electron chi connectivity index (χ0n) is 9.92. The van der Waals surface area contributed by atoms with E-state index in [0.29, 0.717) is 22.7 Å². The molecule has 0 unspecified atom stereocenters. The van der Waals surface area contributed by atoms with Crippen molar-refractivity contribution in [1.29, 1.82) is 0 Å². The van der Waals surface area contributed by atoms with Crippen molar-refractivity contribution >= 4 is 34.5 Å². The van der Waals surface area contributed by atoms with Crippen LogP contribution in [0.3, 0.4) is 0 Å². The summed E-state index contributed by atoms with van der Waals surface area (Å²) in [5.41, 5.74) is 13.5. The highest BCUT2D eigenvalue weighted by atomic mass is 35.5. The zero-order valence-corrected chi connectivity index (χ0v) is 10.7. The van der Waals surface area contributed by atoms with Gasteiger partial charge in [0.2, 0.25) is 5.95 Å². The van der Waals surface area contributed by atoms with Crippen LogP contribution in [0.5, 0.6) is 0 Å². The van der Waals surface area contributed by atoms with E-state index in [2.05, 4.69) is 15.0 Å². The van der Waals surface area contributed by atoms with E-state index in [0.717, 1.165) is 5.56 Å². The molecule has 3 aromatic rings. The molecule has 0 fully saturated rings. The molecule has 6 nitrogen and oxygen atoms in total. The molecule has 2 aromatic heterocycles. The maximum absolute atomic E-state index is 6.14. The molecule has 0 bridgehead atoms. The molecule has 2 heterocycles. The van der Waals surface area contributed by atoms with Gasteiger partial charge in [0.1, 0.15) is 5.52 Å². The Balaban J connectivity index is 2.09. The molecular formula is C12H11ClN6. The average Bonchev–Trinajstić information content (AvgIpc) is 2.76. The van der Waals surface area contributed by atoms with Crippen LogP contribution >= 0.6 is 11.6 Å². The highest BCUT2D eigenvalue weighted by Crippen LogP contribution is 2.21. The number of nitrogen functional groups attached to an aromatic ring is 2. The van der Waals surface area contributed by atoms with Crippen molar-refractivity contribution in [2.24, 2.45) is 0 Å². The first-order valence-electron chi connectivity index (χ1n) is 5.62. The lowest BCUT2D eigenvalue weighted by atomic mass is 10.2. The van der Waals surface area contributed by atoms with Gasteiger partial charge < -0.3 is 16.0 Å². The van der Waals surface area contributed by atoms with Crippen LogP contribution in [0, 0.1) is 0 Å². The normalized spacial score (nSPS) is 11.0. The molecule has 1 aromatic carbocycles. The molecule has 0 aliphatic heterocycles. The number of fused-ring (bicyclic) bond motifs is 1. The number of imidazole rings is 1. The predicted molar refractivity (Wildman–Crippen MR) is 74.7 cm³/mol. The van der Waals surface area contributed by atoms with E-state index >= 15 is 0 Å². The van der Waals surface area contributed by atoms with Crippen molar-refractivity contribution in [3.05, 3.63) is 41.2 Å². The van der Waals surface area contributed by atoms with Crippen molar-refractivity contribution in [2.75, 3.05) is 11.5 Å². The van der Waals surface area contributed by atoms with E-state index in [1.807, 2.05) is 28.8 Å². The van der Waals surface area contributed by atoms with Gasteiger partial charge in [-0.15, -0.1) is 0 Å². The molecule has 0 atom stereocenters. The monoisotopic (exact) mass is 274 g/mol. The third-order valence-electron chi connectivity index (χ3n) is 2.81. The van der Waals surface area contributed by atoms with Crippen molar-refractivity contribution < 1.29 is 0 Å². The Bertz CT molecular complexity index is 751. The fourth-order valence-corrected chi connectivity index (χ4v) is 2.10. The van der Waals surface area contributed by atoms with Crippen LogP contribution in [0.1, 0.15) is 5.56 Å². The van der Waals surface area contributed by atoms with Crippen LogP contribution in [0.4, 0.5) is 11.8 Å². The van der Waals surface area contributed by atoms with Gasteiger partial charge in [0.05, 0.1) is 12.9 Å². The number of halogens is 1. The van der Waals surface area contributed by atoms with Crippen molar-refractivity contribution in [3.63, 3.8) is 0 Å². The molecule has 0 spiro atoms. The van der Waals surface area contributed by atoms with Gasteiger partial charge in [0.15, 0.2) is 11.5 Å². The van der Waals surface area contributed by atoms with E-state index in [-0.39, 0.29) is 11.8 Å². The molecule has 3 rings (SSSR count). The molecule has 7 heteroatoms. The maximum atomic E-state index is 6.14. The summed E-state index contributed by atoms with van der Waals surface area (Å²) >= 11 is 6.14. The number of hydrogen-bond acceptors (Lipinski definition) is 5. The number of hydrogen-bond donors (Lipinski definition) is 2. The van der Waals surface area contributed by atoms with Crippen LogP contribution in [0.25, 0.3) is 11.2 Å². The smallest absolute Gasteiger partial charge is 0.224 e. The van der Waals surface area contributed by atoms with Gasteiger partial charge in [-0.05, 0) is 11.6 Å². The standard InChI is InChI=1S/C12H11ClN6/c13-8-4-2-1-3-7(8)5-19-6-16-9-10(14)17-12(15)18-11(9)19/h1-4,6H,5H2,(H4,14,15,17,18). The Hall–Kier alpha value is -2.34. The fourth-order valence-electron chi connectivity index (χ4n) is 1.91. The number of nitrogens with two attached hydrogens (primary N) is 2. The fraction of sp³-hybridized carbons (Fsp3) is 0.0833. The molecule has 0 aliphatic rings. The number of aromatic nitrogens is 4. The summed E-state index contributed by atoms with van der Waals surface area (Å²) in [7, 11) is 0. The lowest BCUT2D eigenvalue weighted by Crippen LogP contribution is -2.04. The van der Waals surface area contributed by atoms with Gasteiger partial charge in [0.25, 0.3) is 0 Å². The SMILES string of the molecule is Nc1nc(N)c2ncn(Cc3ccccc3Cl)c2n1. The first-order chi connectivity index (χ1) is 9.15. The van der Waals surface area contributed by atoms with Crippen LogP contribution in [-0.4, -0.2) is 19.5 Å². The van der Waals surface area contributed by atoms with Crippen LogP contribution in [0.2, 0.25) is 5.02 Å². The highest BCUT2D eigenvalue weighted by molar-refractivity contribution is 6.31. The summed E-state index contributed by atoms with van der Waals surface area (Å²) in [6, 6.07) is 7.60. The number of anilines is 2. The molecule has 96 valence electrons. The Morgan fingerprint density at radius 1 is 1.16 bits per heavy atom. The quantitative estimate of drug-likeness (QED) is 0.741. The molecule has 19 heavy (non-hydrogen) atoms. The Labute approximate surface area is 114 Å². The van der Waals surface area contributed by atoms with Gasteiger partial charge in [-0.25, -0.2) is 4.98 Å². The Kier molecular flexibility index (Phi) is 2.72. The summed E-state index contributed by atoms with van der Waals surface area (Å²) in [6.45, 7) is 0.548. The number of rotatable bonds is 2. The maximum Gasteiger partial charge on any atom is 0.224 e. The molecular weight excluding hydrogens is 264 g/mol. The largest absolute Gasteiger partial charge is 0.382 e. The molecule has 0 radical (unpaired) electrons. The highest BCUT2D eigenvalue weighted by Gasteiger charge is 2.11. The second kappa shape index (κ2) is 4.40. The second-order valence-corrected chi connectivity index (χ2v) is 4.51. The third-order valence-corrected chi connectivity index (χ3v) is 3.18. The molecule has 0 saturated heterocycles. The topological polar surface area (TPSA) is 95.6 Å². The zero-order chi connectivity index (χ0) is 13.4. The first-order valence-corrected chi connectivity index (χ1v) is 6.00. The summed E-state index contributed by atoms with van der Waals surface area (Å²) in [5, 5.41) is 0.694. The summed E-state index contributed by atoms with van der Waals surface area (Å²) in [5.74, 6) is 0.409. The number of benzene rings is 1. The van der Waals surface area contributed by atoms with Gasteiger partial charge in [-0.3, -0.25) is 0 Å². The minimum absolute atomic E-state index is 0.130. The second-order valence-electron chi connectivity index (χ2n) is 4.10. The van der Waals surface area contributed by atoms with Gasteiger partial charge in [-0.2, -0.15) is 9.97 Å². The number of nitrogens with zero attached hydrogens (tertiary/aromatic N) is 4. The van der Waals surface area contributed by atoms with E-state index in [1.165, 1.54) is 0 Å². The van der Waals surface area contributed by atoms with Crippen molar-refractivity contribution in [2.45, 2.75) is 6.54 Å². The average molecular weight is 275 g/mol. The van der Waals surface area contributed by atoms with Gasteiger partial charge in [-0.1, -0.05) is 29.8 Å². The van der Waals surface area contributed by atoms with Crippen LogP contribution in [-0.2, 0) is 6.54 Å².